The largest absolute Gasteiger partial charge is 0.309 e. The third-order valence-corrected chi connectivity index (χ3v) is 16.0. The quantitative estimate of drug-likeness (QED) is 0.102. The highest BCUT2D eigenvalue weighted by molar-refractivity contribution is 6.16. The van der Waals surface area contributed by atoms with Gasteiger partial charge in [0.15, 0.2) is 0 Å². The summed E-state index contributed by atoms with van der Waals surface area (Å²) >= 11 is 0. The molecule has 0 unspecified atom stereocenters. The molecule has 13 rings (SSSR count). The lowest BCUT2D eigenvalue weighted by Crippen LogP contribution is -2.16. The molecule has 2 aromatic heterocycles. The van der Waals surface area contributed by atoms with E-state index in [0.29, 0.717) is 0 Å². The van der Waals surface area contributed by atoms with Crippen LogP contribution in [0, 0.1) is 0 Å². The van der Waals surface area contributed by atoms with Gasteiger partial charge in [-0.1, -0.05) is 246 Å². The van der Waals surface area contributed by atoms with Crippen molar-refractivity contribution in [3.63, 3.8) is 0 Å². The minimum atomic E-state index is 0.0881. The molecule has 2 heterocycles. The number of para-hydroxylation sites is 3. The van der Waals surface area contributed by atoms with Crippen LogP contribution in [0.4, 0.5) is 0 Å². The molecule has 0 saturated heterocycles. The minimum absolute atomic E-state index is 0.0881. The highest BCUT2D eigenvalue weighted by atomic mass is 15.0. The number of nitrogens with zero attached hydrogens (tertiary/aromatic N) is 2. The van der Waals surface area contributed by atoms with Gasteiger partial charge >= 0.3 is 0 Å². The van der Waals surface area contributed by atoms with Crippen molar-refractivity contribution in [2.24, 2.45) is 0 Å². The Hall–Kier alpha value is -8.98. The molecule has 0 atom stereocenters. The number of hydrogen-bond acceptors (Lipinski definition) is 0. The van der Waals surface area contributed by atoms with Crippen molar-refractivity contribution < 1.29 is 0 Å². The second kappa shape index (κ2) is 19.7. The average Bonchev–Trinajstić information content (AvgIpc) is 4.10. The highest BCUT2D eigenvalue weighted by Gasteiger charge is 2.30. The van der Waals surface area contributed by atoms with Crippen molar-refractivity contribution in [1.82, 2.24) is 9.13 Å². The zero-order valence-corrected chi connectivity index (χ0v) is 43.5. The summed E-state index contributed by atoms with van der Waals surface area (Å²) < 4.78 is 4.88. The third-order valence-electron chi connectivity index (χ3n) is 16.0. The van der Waals surface area contributed by atoms with Crippen LogP contribution in [0.3, 0.4) is 0 Å². The van der Waals surface area contributed by atoms with Crippen LogP contribution >= 0.6 is 0 Å². The van der Waals surface area contributed by atoms with E-state index in [1.807, 2.05) is 0 Å². The summed E-state index contributed by atoms with van der Waals surface area (Å²) in [4.78, 5) is 0. The Morgan fingerprint density at radius 1 is 0.289 bits per heavy atom. The van der Waals surface area contributed by atoms with E-state index in [9.17, 15) is 0 Å². The second-order valence-corrected chi connectivity index (χ2v) is 21.1. The average molecular weight is 977 g/mol. The van der Waals surface area contributed by atoms with Crippen LogP contribution in [0.15, 0.2) is 261 Å². The summed E-state index contributed by atoms with van der Waals surface area (Å²) in [6, 6.07) is 96.8. The number of unbranched alkanes of at least 4 members (excludes halogenated alkanes) is 2. The maximum Gasteiger partial charge on any atom is 0.0541 e. The number of aromatic nitrogens is 2. The first kappa shape index (κ1) is 46.8. The van der Waals surface area contributed by atoms with E-state index in [4.69, 9.17) is 0 Å². The van der Waals surface area contributed by atoms with Crippen molar-refractivity contribution in [1.29, 1.82) is 0 Å². The molecular weight excluding hydrogens is 917 g/mol. The molecule has 366 valence electrons. The van der Waals surface area contributed by atoms with Crippen LogP contribution in [-0.2, 0) is 5.41 Å². The summed E-state index contributed by atoms with van der Waals surface area (Å²) in [5, 5.41) is 5.09. The summed E-state index contributed by atoms with van der Waals surface area (Å²) in [5.41, 5.74) is 22.7. The van der Waals surface area contributed by atoms with E-state index >= 15 is 0 Å². The smallest absolute Gasteiger partial charge is 0.0541 e. The van der Waals surface area contributed by atoms with Crippen molar-refractivity contribution in [3.05, 3.63) is 266 Å². The lowest BCUT2D eigenvalue weighted by molar-refractivity contribution is 0.450. The van der Waals surface area contributed by atoms with E-state index < -0.39 is 0 Å². The Kier molecular flexibility index (Phi) is 12.1. The molecular formula is C74H60N2. The zero-order chi connectivity index (χ0) is 51.2. The molecule has 0 radical (unpaired) electrons. The fourth-order valence-corrected chi connectivity index (χ4v) is 12.3. The lowest BCUT2D eigenvalue weighted by atomic mass is 9.74. The Morgan fingerprint density at radius 2 is 0.592 bits per heavy atom. The lowest BCUT2D eigenvalue weighted by Gasteiger charge is -2.29. The first-order chi connectivity index (χ1) is 37.5. The van der Waals surface area contributed by atoms with Gasteiger partial charge in [-0.25, -0.2) is 0 Å². The molecule has 0 N–H and O–H groups in total. The number of hydrogen-bond donors (Lipinski definition) is 0. The Balaban J connectivity index is 1.08. The summed E-state index contributed by atoms with van der Waals surface area (Å²) in [6.07, 6.45) is 4.92. The monoisotopic (exact) mass is 976 g/mol. The van der Waals surface area contributed by atoms with E-state index in [2.05, 4.69) is 291 Å². The normalized spacial score (nSPS) is 11.8. The molecule has 0 aliphatic heterocycles. The summed E-state index contributed by atoms with van der Waals surface area (Å²) in [6.45, 7) is 7.12. The van der Waals surface area contributed by atoms with Crippen LogP contribution in [0.2, 0.25) is 0 Å². The maximum absolute atomic E-state index is 2.47. The fourth-order valence-electron chi connectivity index (χ4n) is 12.3. The van der Waals surface area contributed by atoms with E-state index in [0.717, 1.165) is 44.8 Å². The predicted octanol–water partition coefficient (Wildman–Crippen LogP) is 20.7. The first-order valence-corrected chi connectivity index (χ1v) is 27.2. The van der Waals surface area contributed by atoms with Crippen LogP contribution in [-0.4, -0.2) is 9.13 Å². The molecule has 11 aromatic carbocycles. The molecule has 0 spiro atoms. The molecule has 2 heteroatoms. The molecule has 2 nitrogen and oxygen atoms in total. The van der Waals surface area contributed by atoms with Crippen molar-refractivity contribution >= 4 is 43.6 Å². The molecule has 0 bridgehead atoms. The van der Waals surface area contributed by atoms with Gasteiger partial charge in [0.1, 0.15) is 0 Å². The van der Waals surface area contributed by atoms with E-state index in [-0.39, 0.29) is 5.41 Å². The van der Waals surface area contributed by atoms with Crippen LogP contribution in [0.1, 0.15) is 52.0 Å². The highest BCUT2D eigenvalue weighted by Crippen LogP contribution is 2.56. The Bertz CT molecular complexity index is 4040. The third kappa shape index (κ3) is 8.13. The van der Waals surface area contributed by atoms with Gasteiger partial charge in [-0.05, 0) is 139 Å². The predicted molar refractivity (Wildman–Crippen MR) is 325 cm³/mol. The maximum atomic E-state index is 2.47. The van der Waals surface area contributed by atoms with E-state index in [1.54, 1.807) is 0 Å². The molecule has 0 amide bonds. The number of benzene rings is 11. The zero-order valence-electron chi connectivity index (χ0n) is 43.5. The van der Waals surface area contributed by atoms with Gasteiger partial charge in [0.2, 0.25) is 0 Å². The number of fused-ring (bicyclic) bond motifs is 6. The second-order valence-electron chi connectivity index (χ2n) is 21.1. The van der Waals surface area contributed by atoms with Crippen LogP contribution in [0.5, 0.6) is 0 Å². The molecule has 0 saturated carbocycles. The number of rotatable bonds is 13. The van der Waals surface area contributed by atoms with Crippen molar-refractivity contribution in [2.45, 2.75) is 51.9 Å². The van der Waals surface area contributed by atoms with Gasteiger partial charge in [-0.3, -0.25) is 0 Å². The minimum Gasteiger partial charge on any atom is -0.309 e. The molecule has 13 aromatic rings. The van der Waals surface area contributed by atoms with Crippen LogP contribution in [0.25, 0.3) is 122 Å². The molecule has 0 aliphatic carbocycles. The standard InChI is InChI=1S/C74H60N2/c1-4-5-24-49-74(2,3)57-43-48-67-63(50-57)62-35-20-23-38-66(62)76(67)59-46-41-56(42-47-59)73-70(53-29-14-8-15-30-53)68(51-25-10-6-11-26-51)72(69(52-27-12-7-13-28-52)71(73)54-31-16-9-17-32-54)55-39-44-58(45-40-55)75-64-36-21-18-33-60(64)61-34-19-22-37-65(61)75/h6-23,25-48,50H,4-5,24,49H2,1-3H3. The fraction of sp³-hybridized carbons (Fsp3) is 0.108. The Morgan fingerprint density at radius 3 is 0.947 bits per heavy atom. The topological polar surface area (TPSA) is 9.86 Å². The van der Waals surface area contributed by atoms with Crippen molar-refractivity contribution in [2.75, 3.05) is 0 Å². The van der Waals surface area contributed by atoms with Crippen LogP contribution < -0.4 is 0 Å². The van der Waals surface area contributed by atoms with Crippen molar-refractivity contribution in [3.8, 4) is 78.1 Å². The first-order valence-electron chi connectivity index (χ1n) is 27.2. The molecule has 0 aliphatic rings. The van der Waals surface area contributed by atoms with Gasteiger partial charge in [-0.15, -0.1) is 0 Å². The SMILES string of the molecule is CCCCCC(C)(C)c1ccc2c(c1)c1ccccc1n2-c1ccc(-c2c(-c3ccccc3)c(-c3ccccc3)c(-c3ccc(-n4c5ccccc5c5ccccc54)cc3)c(-c3ccccc3)c2-c2ccccc2)cc1. The summed E-state index contributed by atoms with van der Waals surface area (Å²) in [7, 11) is 0. The Labute approximate surface area is 446 Å². The summed E-state index contributed by atoms with van der Waals surface area (Å²) in [5.74, 6) is 0. The molecule has 76 heavy (non-hydrogen) atoms. The van der Waals surface area contributed by atoms with Gasteiger partial charge < -0.3 is 9.13 Å². The molecule has 0 fully saturated rings. The van der Waals surface area contributed by atoms with Gasteiger partial charge in [0.05, 0.1) is 22.1 Å². The van der Waals surface area contributed by atoms with Gasteiger partial charge in [0.25, 0.3) is 0 Å². The van der Waals surface area contributed by atoms with E-state index in [1.165, 1.54) is 108 Å². The van der Waals surface area contributed by atoms with Gasteiger partial charge in [-0.2, -0.15) is 0 Å². The van der Waals surface area contributed by atoms with Gasteiger partial charge in [0, 0.05) is 32.9 Å².